The van der Waals surface area contributed by atoms with Gasteiger partial charge in [0.2, 0.25) is 0 Å². The molecule has 0 unspecified atom stereocenters. The summed E-state index contributed by atoms with van der Waals surface area (Å²) in [6.07, 6.45) is 6.00. The molecule has 0 aliphatic heterocycles. The van der Waals surface area contributed by atoms with Crippen molar-refractivity contribution in [2.75, 3.05) is 0 Å². The molecule has 0 N–H and O–H groups in total. The first kappa shape index (κ1) is 17.0. The van der Waals surface area contributed by atoms with E-state index in [-0.39, 0.29) is 6.10 Å². The molecular formula is C23H21N3O. The first-order valence-electron chi connectivity index (χ1n) is 9.04. The fourth-order valence-corrected chi connectivity index (χ4v) is 3.00. The number of nitrogens with zero attached hydrogens (tertiary/aromatic N) is 3. The van der Waals surface area contributed by atoms with Crippen molar-refractivity contribution in [3.05, 3.63) is 84.3 Å². The van der Waals surface area contributed by atoms with Gasteiger partial charge in [-0.15, -0.1) is 0 Å². The van der Waals surface area contributed by atoms with Gasteiger partial charge in [-0.1, -0.05) is 42.5 Å². The van der Waals surface area contributed by atoms with Crippen LogP contribution in [0, 0.1) is 0 Å². The molecule has 0 bridgehead atoms. The molecule has 134 valence electrons. The highest BCUT2D eigenvalue weighted by Gasteiger charge is 2.12. The molecule has 27 heavy (non-hydrogen) atoms. The normalized spacial score (nSPS) is 11.5. The van der Waals surface area contributed by atoms with E-state index in [0.29, 0.717) is 0 Å². The molecule has 0 saturated carbocycles. The van der Waals surface area contributed by atoms with Gasteiger partial charge in [-0.3, -0.25) is 4.57 Å². The lowest BCUT2D eigenvalue weighted by Gasteiger charge is -2.09. The molecule has 0 atom stereocenters. The van der Waals surface area contributed by atoms with Crippen LogP contribution in [0.5, 0.6) is 5.75 Å². The molecule has 4 heteroatoms. The van der Waals surface area contributed by atoms with Crippen molar-refractivity contribution >= 4 is 23.2 Å². The predicted octanol–water partition coefficient (Wildman–Crippen LogP) is 5.38. The lowest BCUT2D eigenvalue weighted by molar-refractivity contribution is 0.242. The average Bonchev–Trinajstić information content (AvgIpc) is 3.05. The lowest BCUT2D eigenvalue weighted by atomic mass is 10.2. The second-order valence-electron chi connectivity index (χ2n) is 6.55. The number of fused-ring (bicyclic) bond motifs is 1. The quantitative estimate of drug-likeness (QED) is 0.483. The van der Waals surface area contributed by atoms with Gasteiger partial charge in [0.05, 0.1) is 17.1 Å². The molecule has 0 saturated heterocycles. The second kappa shape index (κ2) is 7.46. The summed E-state index contributed by atoms with van der Waals surface area (Å²) in [6.45, 7) is 4.04. The van der Waals surface area contributed by atoms with Crippen molar-refractivity contribution < 1.29 is 4.74 Å². The van der Waals surface area contributed by atoms with E-state index in [0.717, 1.165) is 34.0 Å². The highest BCUT2D eigenvalue weighted by Crippen LogP contribution is 2.26. The van der Waals surface area contributed by atoms with Crippen molar-refractivity contribution in [1.82, 2.24) is 14.5 Å². The number of aromatic nitrogens is 3. The minimum Gasteiger partial charge on any atom is -0.491 e. The van der Waals surface area contributed by atoms with Gasteiger partial charge in [-0.2, -0.15) is 0 Å². The fraction of sp³-hybridized carbons (Fsp3) is 0.130. The second-order valence-corrected chi connectivity index (χ2v) is 6.55. The molecule has 0 spiro atoms. The zero-order valence-corrected chi connectivity index (χ0v) is 15.4. The molecule has 2 aromatic heterocycles. The number of ether oxygens (including phenoxy) is 1. The highest BCUT2D eigenvalue weighted by atomic mass is 16.5. The molecule has 2 aromatic carbocycles. The van der Waals surface area contributed by atoms with E-state index in [9.17, 15) is 0 Å². The standard InChI is InChI=1S/C23H21N3O/c1-17(2)27-19-12-13-21-20(16-19)25-23(14-11-18-8-4-3-5-9-18)26(21)22-10-6-7-15-24-22/h3-17H,1-2H3. The van der Waals surface area contributed by atoms with E-state index in [1.807, 2.05) is 74.5 Å². The van der Waals surface area contributed by atoms with Crippen LogP contribution in [0.25, 0.3) is 29.0 Å². The molecule has 4 rings (SSSR count). The highest BCUT2D eigenvalue weighted by molar-refractivity contribution is 5.83. The maximum absolute atomic E-state index is 5.82. The van der Waals surface area contributed by atoms with Crippen LogP contribution < -0.4 is 4.74 Å². The smallest absolute Gasteiger partial charge is 0.139 e. The summed E-state index contributed by atoms with van der Waals surface area (Å²) < 4.78 is 7.89. The van der Waals surface area contributed by atoms with Crippen LogP contribution in [-0.4, -0.2) is 20.6 Å². The van der Waals surface area contributed by atoms with Gasteiger partial charge in [0.25, 0.3) is 0 Å². The van der Waals surface area contributed by atoms with Gasteiger partial charge in [-0.25, -0.2) is 9.97 Å². The van der Waals surface area contributed by atoms with Gasteiger partial charge in [0, 0.05) is 12.3 Å². The van der Waals surface area contributed by atoms with Crippen molar-refractivity contribution in [2.45, 2.75) is 20.0 Å². The molecule has 0 amide bonds. The Hall–Kier alpha value is -3.40. The summed E-state index contributed by atoms with van der Waals surface area (Å²) in [5, 5.41) is 0. The number of pyridine rings is 1. The number of benzene rings is 2. The third-order valence-corrected chi connectivity index (χ3v) is 4.13. The van der Waals surface area contributed by atoms with Crippen molar-refractivity contribution in [3.8, 4) is 11.6 Å². The largest absolute Gasteiger partial charge is 0.491 e. The van der Waals surface area contributed by atoms with E-state index in [2.05, 4.69) is 27.8 Å². The van der Waals surface area contributed by atoms with Crippen molar-refractivity contribution in [2.24, 2.45) is 0 Å². The zero-order chi connectivity index (χ0) is 18.6. The first-order chi connectivity index (χ1) is 13.2. The number of hydrogen-bond acceptors (Lipinski definition) is 3. The van der Waals surface area contributed by atoms with Gasteiger partial charge >= 0.3 is 0 Å². The van der Waals surface area contributed by atoms with E-state index < -0.39 is 0 Å². The predicted molar refractivity (Wildman–Crippen MR) is 110 cm³/mol. The summed E-state index contributed by atoms with van der Waals surface area (Å²) in [5.74, 6) is 2.49. The van der Waals surface area contributed by atoms with E-state index >= 15 is 0 Å². The summed E-state index contributed by atoms with van der Waals surface area (Å²) in [5.41, 5.74) is 3.00. The third kappa shape index (κ3) is 3.75. The molecular weight excluding hydrogens is 334 g/mol. The number of rotatable bonds is 5. The third-order valence-electron chi connectivity index (χ3n) is 4.13. The molecule has 4 nitrogen and oxygen atoms in total. The fourth-order valence-electron chi connectivity index (χ4n) is 3.00. The molecule has 0 aliphatic carbocycles. The van der Waals surface area contributed by atoms with Crippen LogP contribution in [0.2, 0.25) is 0 Å². The molecule has 2 heterocycles. The number of hydrogen-bond donors (Lipinski definition) is 0. The maximum Gasteiger partial charge on any atom is 0.139 e. The Kier molecular flexibility index (Phi) is 4.71. The Morgan fingerprint density at radius 3 is 2.48 bits per heavy atom. The lowest BCUT2D eigenvalue weighted by Crippen LogP contribution is -2.05. The van der Waals surface area contributed by atoms with Gasteiger partial charge in [0.15, 0.2) is 0 Å². The van der Waals surface area contributed by atoms with Crippen molar-refractivity contribution in [3.63, 3.8) is 0 Å². The SMILES string of the molecule is CC(C)Oc1ccc2c(c1)nc(C=Cc1ccccc1)n2-c1ccccn1. The van der Waals surface area contributed by atoms with Gasteiger partial charge < -0.3 is 4.74 Å². The Bertz CT molecular complexity index is 1070. The van der Waals surface area contributed by atoms with Crippen LogP contribution in [0.15, 0.2) is 72.9 Å². The minimum atomic E-state index is 0.123. The average molecular weight is 355 g/mol. The summed E-state index contributed by atoms with van der Waals surface area (Å²) in [7, 11) is 0. The van der Waals surface area contributed by atoms with Crippen LogP contribution in [-0.2, 0) is 0 Å². The van der Waals surface area contributed by atoms with Crippen molar-refractivity contribution in [1.29, 1.82) is 0 Å². The van der Waals surface area contributed by atoms with E-state index in [4.69, 9.17) is 9.72 Å². The van der Waals surface area contributed by atoms with Gasteiger partial charge in [-0.05, 0) is 49.8 Å². The molecule has 0 fully saturated rings. The zero-order valence-electron chi connectivity index (χ0n) is 15.4. The molecule has 4 aromatic rings. The summed E-state index contributed by atoms with van der Waals surface area (Å²) in [4.78, 5) is 9.34. The Morgan fingerprint density at radius 2 is 1.74 bits per heavy atom. The summed E-state index contributed by atoms with van der Waals surface area (Å²) in [6, 6.07) is 22.1. The molecule has 0 aliphatic rings. The Morgan fingerprint density at radius 1 is 0.926 bits per heavy atom. The topological polar surface area (TPSA) is 39.9 Å². The maximum atomic E-state index is 5.82. The Labute approximate surface area is 158 Å². The van der Waals surface area contributed by atoms with Gasteiger partial charge in [0.1, 0.15) is 17.4 Å². The first-order valence-corrected chi connectivity index (χ1v) is 9.04. The minimum absolute atomic E-state index is 0.123. The van der Waals surface area contributed by atoms with E-state index in [1.54, 1.807) is 6.20 Å². The summed E-state index contributed by atoms with van der Waals surface area (Å²) >= 11 is 0. The van der Waals surface area contributed by atoms with Crippen LogP contribution in [0.1, 0.15) is 25.2 Å². The van der Waals surface area contributed by atoms with Crippen LogP contribution in [0.3, 0.4) is 0 Å². The Balaban J connectivity index is 1.84. The number of imidazole rings is 1. The van der Waals surface area contributed by atoms with Crippen LogP contribution in [0.4, 0.5) is 0 Å². The monoisotopic (exact) mass is 355 g/mol. The van der Waals surface area contributed by atoms with E-state index in [1.165, 1.54) is 0 Å². The molecule has 0 radical (unpaired) electrons. The van der Waals surface area contributed by atoms with Crippen LogP contribution >= 0.6 is 0 Å².